The first-order valence-electron chi connectivity index (χ1n) is 5.22. The van der Waals surface area contributed by atoms with Crippen LogP contribution in [0.1, 0.15) is 11.1 Å². The Morgan fingerprint density at radius 3 is 2.41 bits per heavy atom. The molecule has 92 valence electrons. The van der Waals surface area contributed by atoms with E-state index in [1.165, 1.54) is 6.08 Å². The van der Waals surface area contributed by atoms with E-state index in [2.05, 4.69) is 5.32 Å². The molecule has 1 saturated heterocycles. The van der Waals surface area contributed by atoms with E-state index in [9.17, 15) is 17.6 Å². The fourth-order valence-electron chi connectivity index (χ4n) is 1.53. The number of benzene rings is 1. The van der Waals surface area contributed by atoms with E-state index in [4.69, 9.17) is 0 Å². The molecule has 1 N–H and O–H groups in total. The van der Waals surface area contributed by atoms with Gasteiger partial charge in [-0.1, -0.05) is 18.2 Å². The van der Waals surface area contributed by atoms with Crippen molar-refractivity contribution in [2.45, 2.75) is 6.18 Å². The Bertz CT molecular complexity index is 433. The van der Waals surface area contributed by atoms with E-state index in [0.29, 0.717) is 12.0 Å². The maximum atomic E-state index is 13.4. The molecule has 0 saturated carbocycles. The van der Waals surface area contributed by atoms with Crippen molar-refractivity contribution in [3.63, 3.8) is 0 Å². The molecular weight excluding hydrogens is 234 g/mol. The third-order valence-electron chi connectivity index (χ3n) is 2.69. The van der Waals surface area contributed by atoms with E-state index in [1.54, 1.807) is 0 Å². The molecule has 1 aliphatic heterocycles. The lowest BCUT2D eigenvalue weighted by atomic mass is 10.0. The number of alkyl halides is 3. The first-order valence-corrected chi connectivity index (χ1v) is 5.22. The summed E-state index contributed by atoms with van der Waals surface area (Å²) < 4.78 is 50.2. The lowest BCUT2D eigenvalue weighted by molar-refractivity contribution is -0.137. The van der Waals surface area contributed by atoms with Gasteiger partial charge in [0, 0.05) is 24.6 Å². The van der Waals surface area contributed by atoms with Crippen LogP contribution in [-0.2, 0) is 6.18 Å². The average molecular weight is 245 g/mol. The highest BCUT2D eigenvalue weighted by Crippen LogP contribution is 2.30. The maximum absolute atomic E-state index is 13.4. The van der Waals surface area contributed by atoms with Gasteiger partial charge in [0.1, 0.15) is 5.82 Å². The third-order valence-corrected chi connectivity index (χ3v) is 2.69. The Labute approximate surface area is 96.1 Å². The fraction of sp³-hybridized carbons (Fsp3) is 0.333. The summed E-state index contributed by atoms with van der Waals surface area (Å²) in [7, 11) is 0. The molecule has 0 atom stereocenters. The quantitative estimate of drug-likeness (QED) is 0.789. The fourth-order valence-corrected chi connectivity index (χ4v) is 1.53. The highest BCUT2D eigenvalue weighted by Gasteiger charge is 2.30. The van der Waals surface area contributed by atoms with Crippen LogP contribution in [0.15, 0.2) is 24.3 Å². The van der Waals surface area contributed by atoms with Gasteiger partial charge in [0.2, 0.25) is 0 Å². The summed E-state index contributed by atoms with van der Waals surface area (Å²) in [6, 6.07) is 2.57. The van der Waals surface area contributed by atoms with E-state index >= 15 is 0 Å². The molecule has 1 aromatic rings. The number of rotatable bonds is 2. The van der Waals surface area contributed by atoms with Crippen LogP contribution in [0.5, 0.6) is 0 Å². The van der Waals surface area contributed by atoms with Gasteiger partial charge in [0.25, 0.3) is 0 Å². The van der Waals surface area contributed by atoms with Crippen molar-refractivity contribution in [3.8, 4) is 0 Å². The minimum atomic E-state index is -4.50. The van der Waals surface area contributed by atoms with Crippen molar-refractivity contribution in [2.75, 3.05) is 13.1 Å². The minimum absolute atomic E-state index is 0.185. The van der Waals surface area contributed by atoms with Crippen LogP contribution in [-0.4, -0.2) is 13.1 Å². The normalized spacial score (nSPS) is 17.4. The van der Waals surface area contributed by atoms with Gasteiger partial charge < -0.3 is 5.32 Å². The van der Waals surface area contributed by atoms with Crippen molar-refractivity contribution in [2.24, 2.45) is 5.92 Å². The standard InChI is InChI=1S/C12H11F4N/c13-11-5-10(12(14,15)16)4-3-9(11)2-1-8-6-17-7-8/h1-5,8,17H,6-7H2/b2-1+. The van der Waals surface area contributed by atoms with Crippen LogP contribution in [0.2, 0.25) is 0 Å². The predicted octanol–water partition coefficient (Wildman–Crippen LogP) is 3.08. The Morgan fingerprint density at radius 1 is 1.24 bits per heavy atom. The molecule has 0 unspecified atom stereocenters. The van der Waals surface area contributed by atoms with Gasteiger partial charge in [-0.15, -0.1) is 0 Å². The number of hydrogen-bond acceptors (Lipinski definition) is 1. The third kappa shape index (κ3) is 2.85. The summed E-state index contributed by atoms with van der Waals surface area (Å²) >= 11 is 0. The van der Waals surface area contributed by atoms with Crippen LogP contribution >= 0.6 is 0 Å². The zero-order valence-electron chi connectivity index (χ0n) is 8.89. The number of nitrogens with one attached hydrogen (secondary N) is 1. The summed E-state index contributed by atoms with van der Waals surface area (Å²) in [6.45, 7) is 1.66. The van der Waals surface area contributed by atoms with Gasteiger partial charge in [0.05, 0.1) is 5.56 Å². The average Bonchev–Trinajstić information content (AvgIpc) is 2.16. The minimum Gasteiger partial charge on any atom is -0.315 e. The van der Waals surface area contributed by atoms with Gasteiger partial charge in [0.15, 0.2) is 0 Å². The molecule has 0 spiro atoms. The van der Waals surface area contributed by atoms with Crippen molar-refractivity contribution in [1.29, 1.82) is 0 Å². The zero-order valence-corrected chi connectivity index (χ0v) is 8.89. The van der Waals surface area contributed by atoms with Crippen molar-refractivity contribution in [1.82, 2.24) is 5.32 Å². The molecule has 1 aromatic carbocycles. The molecule has 0 amide bonds. The molecular formula is C12H11F4N. The van der Waals surface area contributed by atoms with Crippen LogP contribution in [0.25, 0.3) is 6.08 Å². The molecule has 1 nitrogen and oxygen atoms in total. The summed E-state index contributed by atoms with van der Waals surface area (Å²) in [4.78, 5) is 0. The van der Waals surface area contributed by atoms with Crippen molar-refractivity contribution in [3.05, 3.63) is 41.2 Å². The smallest absolute Gasteiger partial charge is 0.315 e. The van der Waals surface area contributed by atoms with Crippen LogP contribution in [0.3, 0.4) is 0 Å². The molecule has 0 bridgehead atoms. The van der Waals surface area contributed by atoms with E-state index in [0.717, 1.165) is 25.2 Å². The number of halogens is 4. The summed E-state index contributed by atoms with van der Waals surface area (Å²) in [5.41, 5.74) is -0.776. The summed E-state index contributed by atoms with van der Waals surface area (Å²) in [6.07, 6.45) is -1.16. The molecule has 1 aliphatic rings. The summed E-state index contributed by atoms with van der Waals surface area (Å²) in [5, 5.41) is 3.05. The Hall–Kier alpha value is -1.36. The zero-order chi connectivity index (χ0) is 12.5. The molecule has 1 heterocycles. The Morgan fingerprint density at radius 2 is 1.94 bits per heavy atom. The number of hydrogen-bond donors (Lipinski definition) is 1. The van der Waals surface area contributed by atoms with Gasteiger partial charge in [-0.25, -0.2) is 4.39 Å². The van der Waals surface area contributed by atoms with E-state index in [-0.39, 0.29) is 5.56 Å². The van der Waals surface area contributed by atoms with Gasteiger partial charge >= 0.3 is 6.18 Å². The summed E-state index contributed by atoms with van der Waals surface area (Å²) in [5.74, 6) is -0.500. The molecule has 2 rings (SSSR count). The van der Waals surface area contributed by atoms with Crippen molar-refractivity contribution < 1.29 is 17.6 Å². The molecule has 5 heteroatoms. The van der Waals surface area contributed by atoms with Gasteiger partial charge in [-0.3, -0.25) is 0 Å². The maximum Gasteiger partial charge on any atom is 0.416 e. The van der Waals surface area contributed by atoms with E-state index < -0.39 is 17.6 Å². The first-order chi connectivity index (χ1) is 7.97. The molecule has 1 fully saturated rings. The Kier molecular flexibility index (Phi) is 3.19. The monoisotopic (exact) mass is 245 g/mol. The lowest BCUT2D eigenvalue weighted by Gasteiger charge is -2.23. The SMILES string of the molecule is Fc1cc(C(F)(F)F)ccc1/C=C/C1CNC1. The molecule has 0 aromatic heterocycles. The van der Waals surface area contributed by atoms with Crippen LogP contribution in [0.4, 0.5) is 17.6 Å². The van der Waals surface area contributed by atoms with E-state index in [1.807, 2.05) is 6.08 Å². The molecule has 0 radical (unpaired) electrons. The van der Waals surface area contributed by atoms with Crippen LogP contribution in [0, 0.1) is 11.7 Å². The van der Waals surface area contributed by atoms with Gasteiger partial charge in [-0.2, -0.15) is 13.2 Å². The largest absolute Gasteiger partial charge is 0.416 e. The van der Waals surface area contributed by atoms with Crippen LogP contribution < -0.4 is 5.32 Å². The second kappa shape index (κ2) is 4.49. The highest BCUT2D eigenvalue weighted by molar-refractivity contribution is 5.51. The van der Waals surface area contributed by atoms with Crippen molar-refractivity contribution >= 4 is 6.08 Å². The lowest BCUT2D eigenvalue weighted by Crippen LogP contribution is -2.40. The Balaban J connectivity index is 2.16. The second-order valence-electron chi connectivity index (χ2n) is 4.01. The molecule has 17 heavy (non-hydrogen) atoms. The topological polar surface area (TPSA) is 12.0 Å². The molecule has 0 aliphatic carbocycles. The highest BCUT2D eigenvalue weighted by atomic mass is 19.4. The predicted molar refractivity (Wildman–Crippen MR) is 56.8 cm³/mol. The first kappa shape index (κ1) is 12.1. The second-order valence-corrected chi connectivity index (χ2v) is 4.01. The van der Waals surface area contributed by atoms with Gasteiger partial charge in [-0.05, 0) is 12.1 Å².